The SMILES string of the molecule is O=C(CSc1nc2ccccc2c(=O)n1CC1CCCO1)Nc1ccc2c(c1)OC1(CCCC1)O2. The minimum absolute atomic E-state index is 0.0133. The van der Waals surface area contributed by atoms with Gasteiger partial charge in [-0.1, -0.05) is 23.9 Å². The zero-order valence-corrected chi connectivity index (χ0v) is 20.1. The summed E-state index contributed by atoms with van der Waals surface area (Å²) in [5, 5.41) is 4.02. The van der Waals surface area contributed by atoms with Crippen LogP contribution in [0.2, 0.25) is 0 Å². The Kier molecular flexibility index (Phi) is 5.89. The number of benzene rings is 2. The van der Waals surface area contributed by atoms with Crippen LogP contribution in [0.3, 0.4) is 0 Å². The Bertz CT molecular complexity index is 1330. The Balaban J connectivity index is 1.17. The zero-order chi connectivity index (χ0) is 23.8. The third kappa shape index (κ3) is 4.50. The van der Waals surface area contributed by atoms with Gasteiger partial charge in [0.15, 0.2) is 16.7 Å². The van der Waals surface area contributed by atoms with E-state index in [1.165, 1.54) is 11.8 Å². The van der Waals surface area contributed by atoms with Gasteiger partial charge in [-0.15, -0.1) is 0 Å². The first kappa shape index (κ1) is 22.4. The summed E-state index contributed by atoms with van der Waals surface area (Å²) in [7, 11) is 0. The standard InChI is InChI=1S/C26H27N3O5S/c30-23(27-17-9-10-21-22(14-17)34-26(33-21)11-3-4-12-26)16-35-25-28-20-8-2-1-7-19(20)24(31)29(25)15-18-6-5-13-32-18/h1-2,7-10,14,18H,3-6,11-13,15-16H2,(H,27,30). The third-order valence-electron chi connectivity index (χ3n) is 6.75. The largest absolute Gasteiger partial charge is 0.448 e. The number of nitrogens with zero attached hydrogens (tertiary/aromatic N) is 2. The zero-order valence-electron chi connectivity index (χ0n) is 19.3. The second-order valence-corrected chi connectivity index (χ2v) is 10.2. The molecule has 2 aliphatic heterocycles. The maximum absolute atomic E-state index is 13.2. The van der Waals surface area contributed by atoms with Crippen molar-refractivity contribution in [2.24, 2.45) is 0 Å². The van der Waals surface area contributed by atoms with Gasteiger partial charge in [0.25, 0.3) is 11.3 Å². The fourth-order valence-corrected chi connectivity index (χ4v) is 5.84. The Morgan fingerprint density at radius 2 is 1.94 bits per heavy atom. The van der Waals surface area contributed by atoms with E-state index in [0.29, 0.717) is 40.6 Å². The maximum Gasteiger partial charge on any atom is 0.262 e. The average Bonchev–Trinajstić information content (AvgIpc) is 3.61. The second-order valence-electron chi connectivity index (χ2n) is 9.28. The molecule has 3 aromatic rings. The first-order valence-corrected chi connectivity index (χ1v) is 13.1. The molecule has 9 heteroatoms. The molecule has 1 N–H and O–H groups in total. The van der Waals surface area contributed by atoms with Crippen LogP contribution in [0.15, 0.2) is 52.4 Å². The van der Waals surface area contributed by atoms with E-state index in [9.17, 15) is 9.59 Å². The molecule has 3 aliphatic rings. The van der Waals surface area contributed by atoms with Crippen molar-refractivity contribution >= 4 is 34.3 Å². The lowest BCUT2D eigenvalue weighted by molar-refractivity contribution is -0.113. The molecule has 1 unspecified atom stereocenters. The summed E-state index contributed by atoms with van der Waals surface area (Å²) in [4.78, 5) is 30.7. The molecule has 182 valence electrons. The van der Waals surface area contributed by atoms with Crippen molar-refractivity contribution in [1.29, 1.82) is 0 Å². The Labute approximate surface area is 207 Å². The van der Waals surface area contributed by atoms with Gasteiger partial charge >= 0.3 is 0 Å². The van der Waals surface area contributed by atoms with Crippen molar-refractivity contribution in [2.45, 2.75) is 62.1 Å². The molecule has 6 rings (SSSR count). The van der Waals surface area contributed by atoms with Crippen LogP contribution in [0.25, 0.3) is 10.9 Å². The van der Waals surface area contributed by atoms with Crippen molar-refractivity contribution in [1.82, 2.24) is 9.55 Å². The van der Waals surface area contributed by atoms with Gasteiger partial charge in [0, 0.05) is 31.2 Å². The fourth-order valence-electron chi connectivity index (χ4n) is 5.03. The molecule has 2 aromatic carbocycles. The van der Waals surface area contributed by atoms with Crippen LogP contribution in [0.4, 0.5) is 5.69 Å². The van der Waals surface area contributed by atoms with Crippen LogP contribution in [-0.2, 0) is 16.1 Å². The minimum Gasteiger partial charge on any atom is -0.448 e. The lowest BCUT2D eigenvalue weighted by atomic mass is 10.2. The Morgan fingerprint density at radius 1 is 1.11 bits per heavy atom. The van der Waals surface area contributed by atoms with Crippen LogP contribution in [0, 0.1) is 0 Å². The van der Waals surface area contributed by atoms with Crippen LogP contribution < -0.4 is 20.3 Å². The highest BCUT2D eigenvalue weighted by Gasteiger charge is 2.44. The number of thioether (sulfide) groups is 1. The van der Waals surface area contributed by atoms with Crippen molar-refractivity contribution in [3.05, 3.63) is 52.8 Å². The topological polar surface area (TPSA) is 91.7 Å². The lowest BCUT2D eigenvalue weighted by Gasteiger charge is -2.21. The molecule has 0 bridgehead atoms. The normalized spacial score (nSPS) is 20.1. The number of amides is 1. The summed E-state index contributed by atoms with van der Waals surface area (Å²) in [6, 6.07) is 12.8. The van der Waals surface area contributed by atoms with Gasteiger partial charge in [0.05, 0.1) is 29.3 Å². The van der Waals surface area contributed by atoms with E-state index in [4.69, 9.17) is 19.2 Å². The second kappa shape index (κ2) is 9.20. The van der Waals surface area contributed by atoms with Gasteiger partial charge in [0.2, 0.25) is 5.91 Å². The molecular formula is C26H27N3O5S. The van der Waals surface area contributed by atoms with E-state index in [0.717, 1.165) is 44.3 Å². The van der Waals surface area contributed by atoms with Crippen molar-refractivity contribution in [3.63, 3.8) is 0 Å². The van der Waals surface area contributed by atoms with E-state index in [2.05, 4.69) is 5.32 Å². The maximum atomic E-state index is 13.2. The first-order chi connectivity index (χ1) is 17.1. The van der Waals surface area contributed by atoms with Crippen molar-refractivity contribution < 1.29 is 19.0 Å². The van der Waals surface area contributed by atoms with E-state index >= 15 is 0 Å². The summed E-state index contributed by atoms with van der Waals surface area (Å²) in [6.07, 6.45) is 5.83. The van der Waals surface area contributed by atoms with E-state index in [1.807, 2.05) is 36.4 Å². The number of carbonyl (C=O) groups excluding carboxylic acids is 1. The number of anilines is 1. The molecular weight excluding hydrogens is 466 g/mol. The highest BCUT2D eigenvalue weighted by Crippen LogP contribution is 2.47. The van der Waals surface area contributed by atoms with Crippen molar-refractivity contribution in [3.8, 4) is 11.5 Å². The van der Waals surface area contributed by atoms with Crippen LogP contribution in [-0.4, -0.2) is 39.7 Å². The quantitative estimate of drug-likeness (QED) is 0.403. The van der Waals surface area contributed by atoms with E-state index in [1.54, 1.807) is 10.6 Å². The van der Waals surface area contributed by atoms with Crippen LogP contribution in [0.5, 0.6) is 11.5 Å². The number of fused-ring (bicyclic) bond motifs is 2. The average molecular weight is 494 g/mol. The Morgan fingerprint density at radius 3 is 2.77 bits per heavy atom. The summed E-state index contributed by atoms with van der Waals surface area (Å²) in [6.45, 7) is 1.15. The van der Waals surface area contributed by atoms with Gasteiger partial charge in [-0.3, -0.25) is 14.2 Å². The summed E-state index contributed by atoms with van der Waals surface area (Å²) >= 11 is 1.26. The number of hydrogen-bond acceptors (Lipinski definition) is 7. The summed E-state index contributed by atoms with van der Waals surface area (Å²) in [5.74, 6) is 0.788. The molecule has 1 saturated heterocycles. The van der Waals surface area contributed by atoms with Gasteiger partial charge < -0.3 is 19.5 Å². The van der Waals surface area contributed by atoms with Gasteiger partial charge in [-0.2, -0.15) is 0 Å². The molecule has 1 aliphatic carbocycles. The number of nitrogens with one attached hydrogen (secondary N) is 1. The number of aromatic nitrogens is 2. The van der Waals surface area contributed by atoms with Gasteiger partial charge in [0.1, 0.15) is 0 Å². The number of rotatable bonds is 6. The number of hydrogen-bond donors (Lipinski definition) is 1. The molecule has 0 radical (unpaired) electrons. The fraction of sp³-hybridized carbons (Fsp3) is 0.423. The van der Waals surface area contributed by atoms with E-state index in [-0.39, 0.29) is 23.3 Å². The molecule has 1 spiro atoms. The third-order valence-corrected chi connectivity index (χ3v) is 7.73. The first-order valence-electron chi connectivity index (χ1n) is 12.1. The summed E-state index contributed by atoms with van der Waals surface area (Å²) in [5.41, 5.74) is 1.17. The molecule has 35 heavy (non-hydrogen) atoms. The molecule has 1 amide bonds. The lowest BCUT2D eigenvalue weighted by Crippen LogP contribution is -2.34. The number of carbonyl (C=O) groups is 1. The number of para-hydroxylation sites is 1. The van der Waals surface area contributed by atoms with E-state index < -0.39 is 5.79 Å². The molecule has 1 atom stereocenters. The molecule has 2 fully saturated rings. The monoisotopic (exact) mass is 493 g/mol. The number of ether oxygens (including phenoxy) is 3. The molecule has 1 aromatic heterocycles. The molecule has 8 nitrogen and oxygen atoms in total. The smallest absolute Gasteiger partial charge is 0.262 e. The van der Waals surface area contributed by atoms with Gasteiger partial charge in [-0.05, 0) is 49.9 Å². The molecule has 3 heterocycles. The predicted molar refractivity (Wildman–Crippen MR) is 133 cm³/mol. The Hall–Kier alpha value is -3.04. The van der Waals surface area contributed by atoms with Gasteiger partial charge in [-0.25, -0.2) is 4.98 Å². The minimum atomic E-state index is -0.532. The molecule has 1 saturated carbocycles. The van der Waals surface area contributed by atoms with Crippen LogP contribution in [0.1, 0.15) is 38.5 Å². The predicted octanol–water partition coefficient (Wildman–Crippen LogP) is 4.35. The highest BCUT2D eigenvalue weighted by molar-refractivity contribution is 7.99. The highest BCUT2D eigenvalue weighted by atomic mass is 32.2. The van der Waals surface area contributed by atoms with Crippen LogP contribution >= 0.6 is 11.8 Å². The summed E-state index contributed by atoms with van der Waals surface area (Å²) < 4.78 is 19.6. The van der Waals surface area contributed by atoms with Crippen molar-refractivity contribution in [2.75, 3.05) is 17.7 Å².